The predicted molar refractivity (Wildman–Crippen MR) is 79.0 cm³/mol. The Bertz CT molecular complexity index is 534. The first-order valence-electron chi connectivity index (χ1n) is 7.39. The number of hydrogen-bond donors (Lipinski definition) is 1. The second kappa shape index (κ2) is 6.62. The summed E-state index contributed by atoms with van der Waals surface area (Å²) in [6.07, 6.45) is 6.75. The molecule has 0 saturated carbocycles. The maximum absolute atomic E-state index is 5.80. The summed E-state index contributed by atoms with van der Waals surface area (Å²) in [5, 5.41) is 3.30. The smallest absolute Gasteiger partial charge is 0.119 e. The third-order valence-electron chi connectivity index (χ3n) is 3.75. The highest BCUT2D eigenvalue weighted by Gasteiger charge is 2.09. The Labute approximate surface area is 119 Å². The molecule has 0 atom stereocenters. The minimum absolute atomic E-state index is 0.680. The fourth-order valence-electron chi connectivity index (χ4n) is 2.67. The molecule has 0 amide bonds. The number of rotatable bonds is 6. The third-order valence-corrected chi connectivity index (χ3v) is 3.75. The van der Waals surface area contributed by atoms with E-state index in [9.17, 15) is 0 Å². The number of ether oxygens (including phenoxy) is 1. The first kappa shape index (κ1) is 13.3. The average Bonchev–Trinajstić information content (AvgIpc) is 3.00. The van der Waals surface area contributed by atoms with Crippen LogP contribution in [-0.4, -0.2) is 13.2 Å². The van der Waals surface area contributed by atoms with E-state index in [4.69, 9.17) is 9.15 Å². The minimum atomic E-state index is 0.680. The topological polar surface area (TPSA) is 34.4 Å². The number of nitrogens with one attached hydrogen (secondary N) is 1. The summed E-state index contributed by atoms with van der Waals surface area (Å²) in [6.45, 7) is 2.25. The fraction of sp³-hybridized carbons (Fsp3) is 0.412. The van der Waals surface area contributed by atoms with Crippen LogP contribution in [0.5, 0.6) is 5.75 Å². The standard InChI is InChI=1S/C17H21NO2/c1-2-5-15-12-16(8-7-14(15)4-1)20-11-9-18-13-17-6-3-10-19-17/h3,6-8,10,12,18H,1-2,4-5,9,11,13H2. The molecule has 1 N–H and O–H groups in total. The summed E-state index contributed by atoms with van der Waals surface area (Å²) in [5.74, 6) is 1.95. The van der Waals surface area contributed by atoms with Gasteiger partial charge < -0.3 is 14.5 Å². The van der Waals surface area contributed by atoms with Crippen LogP contribution in [0.3, 0.4) is 0 Å². The summed E-state index contributed by atoms with van der Waals surface area (Å²) in [4.78, 5) is 0. The zero-order valence-electron chi connectivity index (χ0n) is 11.7. The van der Waals surface area contributed by atoms with Gasteiger partial charge in [-0.25, -0.2) is 0 Å². The highest BCUT2D eigenvalue weighted by molar-refractivity contribution is 5.37. The van der Waals surface area contributed by atoms with Crippen LogP contribution in [-0.2, 0) is 19.4 Å². The van der Waals surface area contributed by atoms with Crippen LogP contribution in [0.4, 0.5) is 0 Å². The molecule has 0 bridgehead atoms. The van der Waals surface area contributed by atoms with Crippen molar-refractivity contribution in [2.45, 2.75) is 32.2 Å². The molecule has 0 spiro atoms. The second-order valence-corrected chi connectivity index (χ2v) is 5.24. The molecule has 1 aliphatic rings. The molecule has 0 unspecified atom stereocenters. The Balaban J connectivity index is 1.42. The molecule has 106 valence electrons. The van der Waals surface area contributed by atoms with Crippen LogP contribution < -0.4 is 10.1 Å². The van der Waals surface area contributed by atoms with Crippen molar-refractivity contribution in [1.82, 2.24) is 5.32 Å². The van der Waals surface area contributed by atoms with E-state index in [2.05, 4.69) is 23.5 Å². The van der Waals surface area contributed by atoms with Gasteiger partial charge in [0.2, 0.25) is 0 Å². The lowest BCUT2D eigenvalue weighted by Gasteiger charge is -2.16. The molecule has 3 heteroatoms. The van der Waals surface area contributed by atoms with E-state index in [1.54, 1.807) is 6.26 Å². The highest BCUT2D eigenvalue weighted by Crippen LogP contribution is 2.25. The van der Waals surface area contributed by atoms with Crippen molar-refractivity contribution >= 4 is 0 Å². The van der Waals surface area contributed by atoms with Crippen LogP contribution in [0.25, 0.3) is 0 Å². The van der Waals surface area contributed by atoms with Crippen LogP contribution in [0.15, 0.2) is 41.0 Å². The molecule has 0 fully saturated rings. The van der Waals surface area contributed by atoms with Crippen molar-refractivity contribution in [1.29, 1.82) is 0 Å². The van der Waals surface area contributed by atoms with E-state index >= 15 is 0 Å². The van der Waals surface area contributed by atoms with E-state index in [0.717, 1.165) is 24.6 Å². The third kappa shape index (κ3) is 3.42. The first-order valence-corrected chi connectivity index (χ1v) is 7.39. The van der Waals surface area contributed by atoms with Gasteiger partial charge in [-0.3, -0.25) is 0 Å². The minimum Gasteiger partial charge on any atom is -0.492 e. The molecule has 1 heterocycles. The summed E-state index contributed by atoms with van der Waals surface area (Å²) in [5.41, 5.74) is 2.97. The van der Waals surface area contributed by atoms with Crippen molar-refractivity contribution in [3.8, 4) is 5.75 Å². The molecule has 0 saturated heterocycles. The van der Waals surface area contributed by atoms with Gasteiger partial charge in [0, 0.05) is 6.54 Å². The quantitative estimate of drug-likeness (QED) is 0.818. The second-order valence-electron chi connectivity index (χ2n) is 5.24. The van der Waals surface area contributed by atoms with E-state index in [-0.39, 0.29) is 0 Å². The van der Waals surface area contributed by atoms with Gasteiger partial charge in [-0.05, 0) is 61.1 Å². The molecular weight excluding hydrogens is 250 g/mol. The van der Waals surface area contributed by atoms with Gasteiger partial charge in [0.1, 0.15) is 18.1 Å². The van der Waals surface area contributed by atoms with Gasteiger partial charge in [0.05, 0.1) is 12.8 Å². The van der Waals surface area contributed by atoms with Gasteiger partial charge in [0.25, 0.3) is 0 Å². The summed E-state index contributed by atoms with van der Waals surface area (Å²) in [6, 6.07) is 10.4. The maximum atomic E-state index is 5.80. The van der Waals surface area contributed by atoms with Gasteiger partial charge in [-0.1, -0.05) is 6.07 Å². The highest BCUT2D eigenvalue weighted by atomic mass is 16.5. The average molecular weight is 271 g/mol. The monoisotopic (exact) mass is 271 g/mol. The van der Waals surface area contributed by atoms with E-state index in [0.29, 0.717) is 6.61 Å². The molecular formula is C17H21NO2. The van der Waals surface area contributed by atoms with Gasteiger partial charge in [-0.2, -0.15) is 0 Å². The number of fused-ring (bicyclic) bond motifs is 1. The summed E-state index contributed by atoms with van der Waals surface area (Å²) >= 11 is 0. The van der Waals surface area contributed by atoms with Crippen molar-refractivity contribution in [2.24, 2.45) is 0 Å². The zero-order valence-corrected chi connectivity index (χ0v) is 11.7. The molecule has 1 aromatic heterocycles. The largest absolute Gasteiger partial charge is 0.492 e. The maximum Gasteiger partial charge on any atom is 0.119 e. The Morgan fingerprint density at radius 3 is 2.85 bits per heavy atom. The predicted octanol–water partition coefficient (Wildman–Crippen LogP) is 3.33. The number of benzene rings is 1. The van der Waals surface area contributed by atoms with Crippen LogP contribution in [0, 0.1) is 0 Å². The van der Waals surface area contributed by atoms with Crippen molar-refractivity contribution in [2.75, 3.05) is 13.2 Å². The number of aryl methyl sites for hydroxylation is 2. The molecule has 3 nitrogen and oxygen atoms in total. The van der Waals surface area contributed by atoms with Crippen LogP contribution in [0.2, 0.25) is 0 Å². The van der Waals surface area contributed by atoms with E-state index < -0.39 is 0 Å². The summed E-state index contributed by atoms with van der Waals surface area (Å²) < 4.78 is 11.1. The molecule has 1 aliphatic carbocycles. The van der Waals surface area contributed by atoms with Crippen molar-refractivity contribution < 1.29 is 9.15 Å². The van der Waals surface area contributed by atoms with Crippen LogP contribution in [0.1, 0.15) is 29.7 Å². The lowest BCUT2D eigenvalue weighted by molar-refractivity contribution is 0.310. The van der Waals surface area contributed by atoms with Gasteiger partial charge >= 0.3 is 0 Å². The van der Waals surface area contributed by atoms with Gasteiger partial charge in [-0.15, -0.1) is 0 Å². The van der Waals surface area contributed by atoms with Crippen molar-refractivity contribution in [3.05, 3.63) is 53.5 Å². The Morgan fingerprint density at radius 1 is 1.10 bits per heavy atom. The summed E-state index contributed by atoms with van der Waals surface area (Å²) in [7, 11) is 0. The molecule has 0 aliphatic heterocycles. The van der Waals surface area contributed by atoms with E-state index in [1.165, 1.54) is 36.8 Å². The van der Waals surface area contributed by atoms with E-state index in [1.807, 2.05) is 12.1 Å². The Kier molecular flexibility index (Phi) is 4.38. The molecule has 20 heavy (non-hydrogen) atoms. The fourth-order valence-corrected chi connectivity index (χ4v) is 2.67. The molecule has 1 aromatic carbocycles. The van der Waals surface area contributed by atoms with Crippen LogP contribution >= 0.6 is 0 Å². The lowest BCUT2D eigenvalue weighted by atomic mass is 9.92. The Morgan fingerprint density at radius 2 is 2.00 bits per heavy atom. The molecule has 3 rings (SSSR count). The molecule has 2 aromatic rings. The first-order chi connectivity index (χ1) is 9.92. The molecule has 0 radical (unpaired) electrons. The number of hydrogen-bond acceptors (Lipinski definition) is 3. The normalized spacial score (nSPS) is 14.0. The number of furan rings is 1. The SMILES string of the molecule is c1coc(CNCCOc2ccc3c(c2)CCCC3)c1. The van der Waals surface area contributed by atoms with Gasteiger partial charge in [0.15, 0.2) is 0 Å². The Hall–Kier alpha value is -1.74. The lowest BCUT2D eigenvalue weighted by Crippen LogP contribution is -2.20. The zero-order chi connectivity index (χ0) is 13.6. The van der Waals surface area contributed by atoms with Crippen molar-refractivity contribution in [3.63, 3.8) is 0 Å².